The molecule has 1 aromatic carbocycles. The molecule has 0 aliphatic heterocycles. The van der Waals surface area contributed by atoms with Gasteiger partial charge in [0.15, 0.2) is 0 Å². The van der Waals surface area contributed by atoms with Gasteiger partial charge in [0.2, 0.25) is 0 Å². The lowest BCUT2D eigenvalue weighted by molar-refractivity contribution is -0.203. The fourth-order valence-electron chi connectivity index (χ4n) is 11.8. The Bertz CT molecular complexity index is 1140. The third-order valence-corrected chi connectivity index (χ3v) is 13.8. The van der Waals surface area contributed by atoms with Gasteiger partial charge in [0.05, 0.1) is 24.9 Å². The van der Waals surface area contributed by atoms with Crippen LogP contribution in [-0.2, 0) is 4.74 Å². The number of methoxy groups -OCH3 is 1. The van der Waals surface area contributed by atoms with Gasteiger partial charge in [-0.25, -0.2) is 4.79 Å². The summed E-state index contributed by atoms with van der Waals surface area (Å²) in [6, 6.07) is 7.66. The standard InChI is InChI=1S/C35H50O4/c1-6-34-21-35(34)20-24(36)16-19-33(35,4)28-17-18-32(3)26(14-15-27(32)29(28)30(34)37)22(2)10-9-12-23-11-7-8-13-25(23)31(38)39-5/h7-9,11-13,22,24,26-30,36-37H,6,10,14-21H2,1-5H3/b12-9+/t22-,24-,26?,27?,28?,29?,30+,32-,33-,34?,35+/m1/s1. The number of fused-ring (bicyclic) bond motifs is 4. The molecule has 5 unspecified atom stereocenters. The van der Waals surface area contributed by atoms with Crippen LogP contribution in [0.4, 0.5) is 0 Å². The van der Waals surface area contributed by atoms with E-state index in [1.54, 1.807) is 0 Å². The minimum absolute atomic E-state index is 0.0159. The van der Waals surface area contributed by atoms with E-state index in [4.69, 9.17) is 4.74 Å². The van der Waals surface area contributed by atoms with Gasteiger partial charge in [-0.1, -0.05) is 58.0 Å². The van der Waals surface area contributed by atoms with Crippen molar-refractivity contribution >= 4 is 12.0 Å². The number of aliphatic hydroxyl groups is 2. The molecule has 0 amide bonds. The summed E-state index contributed by atoms with van der Waals surface area (Å²) in [6.45, 7) is 9.84. The van der Waals surface area contributed by atoms with E-state index in [0.29, 0.717) is 35.2 Å². The molecule has 0 bridgehead atoms. The second kappa shape index (κ2) is 9.44. The van der Waals surface area contributed by atoms with Crippen LogP contribution in [0.3, 0.4) is 0 Å². The Labute approximate surface area is 235 Å². The maximum absolute atomic E-state index is 12.2. The molecule has 0 heterocycles. The van der Waals surface area contributed by atoms with Crippen molar-refractivity contribution in [1.82, 2.24) is 0 Å². The molecule has 4 nitrogen and oxygen atoms in total. The van der Waals surface area contributed by atoms with E-state index in [1.807, 2.05) is 24.3 Å². The summed E-state index contributed by atoms with van der Waals surface area (Å²) in [4.78, 5) is 12.2. The fourth-order valence-corrected chi connectivity index (χ4v) is 11.8. The first kappa shape index (κ1) is 27.5. The first-order chi connectivity index (χ1) is 18.6. The maximum Gasteiger partial charge on any atom is 0.338 e. The van der Waals surface area contributed by atoms with Crippen LogP contribution in [0.2, 0.25) is 0 Å². The number of allylic oxidation sites excluding steroid dienone is 1. The lowest BCUT2D eigenvalue weighted by atomic mass is 9.41. The largest absolute Gasteiger partial charge is 0.465 e. The highest BCUT2D eigenvalue weighted by Gasteiger charge is 2.83. The topological polar surface area (TPSA) is 66.8 Å². The molecule has 214 valence electrons. The Morgan fingerprint density at radius 3 is 2.62 bits per heavy atom. The third kappa shape index (κ3) is 3.65. The Balaban J connectivity index is 1.22. The van der Waals surface area contributed by atoms with Crippen molar-refractivity contribution in [3.05, 3.63) is 41.5 Å². The van der Waals surface area contributed by atoms with Crippen LogP contribution in [0.25, 0.3) is 6.08 Å². The van der Waals surface area contributed by atoms with Gasteiger partial charge in [-0.3, -0.25) is 0 Å². The molecule has 0 saturated heterocycles. The SMILES string of the molecule is CCC12C[C@]13C[C@H](O)CC[C@]3(C)C1CC[C@@]3(C)C(CCC3[C@H](C)C/C=C/c3ccccc3C(=O)OC)C1[C@@H]2O. The molecule has 5 aliphatic rings. The number of aliphatic hydroxyl groups excluding tert-OH is 2. The van der Waals surface area contributed by atoms with Gasteiger partial charge in [0.1, 0.15) is 0 Å². The molecule has 4 heteroatoms. The lowest BCUT2D eigenvalue weighted by Crippen LogP contribution is -2.62. The monoisotopic (exact) mass is 534 g/mol. The highest BCUT2D eigenvalue weighted by atomic mass is 16.5. The average molecular weight is 535 g/mol. The summed E-state index contributed by atoms with van der Waals surface area (Å²) in [7, 11) is 1.43. The number of hydrogen-bond donors (Lipinski definition) is 2. The molecule has 39 heavy (non-hydrogen) atoms. The van der Waals surface area contributed by atoms with Crippen LogP contribution in [0, 0.1) is 51.2 Å². The molecule has 5 fully saturated rings. The zero-order valence-electron chi connectivity index (χ0n) is 24.8. The lowest BCUT2D eigenvalue weighted by Gasteiger charge is -2.64. The second-order valence-electron chi connectivity index (χ2n) is 14.7. The van der Waals surface area contributed by atoms with Gasteiger partial charge in [0.25, 0.3) is 0 Å². The van der Waals surface area contributed by atoms with Gasteiger partial charge >= 0.3 is 5.97 Å². The first-order valence-corrected chi connectivity index (χ1v) is 15.8. The smallest absolute Gasteiger partial charge is 0.338 e. The molecule has 11 atom stereocenters. The predicted octanol–water partition coefficient (Wildman–Crippen LogP) is 7.28. The van der Waals surface area contributed by atoms with E-state index >= 15 is 0 Å². The average Bonchev–Trinajstić information content (AvgIpc) is 3.47. The van der Waals surface area contributed by atoms with E-state index in [-0.39, 0.29) is 39.8 Å². The minimum Gasteiger partial charge on any atom is -0.465 e. The van der Waals surface area contributed by atoms with Crippen molar-refractivity contribution in [3.8, 4) is 0 Å². The molecule has 6 rings (SSSR count). The summed E-state index contributed by atoms with van der Waals surface area (Å²) in [5.74, 6) is 2.50. The van der Waals surface area contributed by atoms with Crippen molar-refractivity contribution < 1.29 is 19.7 Å². The fraction of sp³-hybridized carbons (Fsp3) is 0.743. The molecule has 1 spiro atoms. The maximum atomic E-state index is 12.2. The van der Waals surface area contributed by atoms with Gasteiger partial charge in [0, 0.05) is 5.41 Å². The quantitative estimate of drug-likeness (QED) is 0.376. The number of esters is 1. The molecule has 0 radical (unpaired) electrons. The third-order valence-electron chi connectivity index (χ3n) is 13.8. The zero-order valence-corrected chi connectivity index (χ0v) is 24.8. The molecule has 1 aromatic rings. The van der Waals surface area contributed by atoms with E-state index in [1.165, 1.54) is 32.8 Å². The van der Waals surface area contributed by atoms with Gasteiger partial charge in [-0.15, -0.1) is 0 Å². The summed E-state index contributed by atoms with van der Waals surface area (Å²) < 4.78 is 4.97. The molecule has 5 aliphatic carbocycles. The van der Waals surface area contributed by atoms with E-state index in [0.717, 1.165) is 44.1 Å². The Hall–Kier alpha value is -1.65. The Morgan fingerprint density at radius 1 is 1.10 bits per heavy atom. The van der Waals surface area contributed by atoms with Crippen LogP contribution in [0.1, 0.15) is 108 Å². The number of carbonyl (C=O) groups is 1. The zero-order chi connectivity index (χ0) is 27.8. The van der Waals surface area contributed by atoms with E-state index in [2.05, 4.69) is 39.8 Å². The number of carbonyl (C=O) groups excluding carboxylic acids is 1. The number of benzene rings is 1. The highest BCUT2D eigenvalue weighted by molar-refractivity contribution is 5.93. The minimum atomic E-state index is -0.289. The second-order valence-corrected chi connectivity index (χ2v) is 14.7. The van der Waals surface area contributed by atoms with E-state index < -0.39 is 0 Å². The van der Waals surface area contributed by atoms with Crippen LogP contribution < -0.4 is 0 Å². The van der Waals surface area contributed by atoms with Crippen LogP contribution in [-0.4, -0.2) is 35.5 Å². The summed E-state index contributed by atoms with van der Waals surface area (Å²) >= 11 is 0. The Morgan fingerprint density at radius 2 is 1.87 bits per heavy atom. The van der Waals surface area contributed by atoms with Crippen molar-refractivity contribution in [2.75, 3.05) is 7.11 Å². The van der Waals surface area contributed by atoms with Gasteiger partial charge < -0.3 is 14.9 Å². The summed E-state index contributed by atoms with van der Waals surface area (Å²) in [5.41, 5.74) is 2.23. The molecular formula is C35H50O4. The molecule has 2 N–H and O–H groups in total. The van der Waals surface area contributed by atoms with Crippen LogP contribution in [0.5, 0.6) is 0 Å². The predicted molar refractivity (Wildman–Crippen MR) is 155 cm³/mol. The number of hydrogen-bond acceptors (Lipinski definition) is 4. The van der Waals surface area contributed by atoms with Crippen molar-refractivity contribution in [1.29, 1.82) is 0 Å². The normalized spacial score (nSPS) is 47.1. The molecular weight excluding hydrogens is 484 g/mol. The van der Waals surface area contributed by atoms with Crippen molar-refractivity contribution in [3.63, 3.8) is 0 Å². The van der Waals surface area contributed by atoms with Crippen LogP contribution >= 0.6 is 0 Å². The highest BCUT2D eigenvalue weighted by Crippen LogP contribution is 2.86. The van der Waals surface area contributed by atoms with Crippen molar-refractivity contribution in [2.45, 2.75) is 104 Å². The first-order valence-electron chi connectivity index (χ1n) is 15.8. The number of rotatable bonds is 6. The molecule has 5 saturated carbocycles. The summed E-state index contributed by atoms with van der Waals surface area (Å²) in [6.07, 6.45) is 15.1. The molecule has 0 aromatic heterocycles. The summed E-state index contributed by atoms with van der Waals surface area (Å²) in [5, 5.41) is 22.9. The van der Waals surface area contributed by atoms with Gasteiger partial charge in [-0.2, -0.15) is 0 Å². The van der Waals surface area contributed by atoms with Crippen molar-refractivity contribution in [2.24, 2.45) is 51.2 Å². The van der Waals surface area contributed by atoms with Gasteiger partial charge in [-0.05, 0) is 122 Å². The van der Waals surface area contributed by atoms with Crippen LogP contribution in [0.15, 0.2) is 30.3 Å². The van der Waals surface area contributed by atoms with E-state index in [9.17, 15) is 15.0 Å². The number of ether oxygens (including phenoxy) is 1. The Kier molecular flexibility index (Phi) is 6.66.